The molecule has 8 heteroatoms. The third kappa shape index (κ3) is 6.58. The maximum Gasteiger partial charge on any atom is 0.329 e. The summed E-state index contributed by atoms with van der Waals surface area (Å²) in [6, 6.07) is 21.4. The molecule has 3 rings (SSSR count). The standard InChI is InChI=1S/C24H22ClN3O4/c1-2-31-22-10-6-5-9-21(22)27-23(29)24(30)28-26-15-17-11-13-19(14-12-17)32-16-18-7-3-4-8-20(18)25/h3-15H,2,16H2,1H3,(H,27,29)(H,28,30)/b26-15+. The number of nitrogens with one attached hydrogen (secondary N) is 2. The van der Waals surface area contributed by atoms with Gasteiger partial charge in [-0.15, -0.1) is 0 Å². The van der Waals surface area contributed by atoms with Gasteiger partial charge in [-0.2, -0.15) is 5.10 Å². The SMILES string of the molecule is CCOc1ccccc1NC(=O)C(=O)N/N=C/c1ccc(OCc2ccccc2Cl)cc1. The van der Waals surface area contributed by atoms with Crippen molar-refractivity contribution in [3.8, 4) is 11.5 Å². The molecule has 0 saturated heterocycles. The molecule has 0 fully saturated rings. The summed E-state index contributed by atoms with van der Waals surface area (Å²) in [5, 5.41) is 6.98. The van der Waals surface area contributed by atoms with Crippen LogP contribution < -0.4 is 20.2 Å². The number of ether oxygens (including phenoxy) is 2. The van der Waals surface area contributed by atoms with Crippen LogP contribution in [0.3, 0.4) is 0 Å². The van der Waals surface area contributed by atoms with E-state index >= 15 is 0 Å². The Morgan fingerprint density at radius 3 is 2.41 bits per heavy atom. The zero-order valence-electron chi connectivity index (χ0n) is 17.4. The second-order valence-electron chi connectivity index (χ2n) is 6.53. The van der Waals surface area contributed by atoms with E-state index in [0.29, 0.717) is 35.4 Å². The van der Waals surface area contributed by atoms with Crippen LogP contribution in [0, 0.1) is 0 Å². The summed E-state index contributed by atoms with van der Waals surface area (Å²) in [4.78, 5) is 24.1. The van der Waals surface area contributed by atoms with Gasteiger partial charge >= 0.3 is 11.8 Å². The van der Waals surface area contributed by atoms with E-state index in [1.807, 2.05) is 31.2 Å². The van der Waals surface area contributed by atoms with E-state index in [1.165, 1.54) is 6.21 Å². The molecule has 32 heavy (non-hydrogen) atoms. The summed E-state index contributed by atoms with van der Waals surface area (Å²) in [7, 11) is 0. The number of amides is 2. The number of anilines is 1. The lowest BCUT2D eigenvalue weighted by Crippen LogP contribution is -2.32. The van der Waals surface area contributed by atoms with Gasteiger partial charge in [0.15, 0.2) is 0 Å². The largest absolute Gasteiger partial charge is 0.492 e. The first-order valence-electron chi connectivity index (χ1n) is 9.89. The molecule has 3 aromatic carbocycles. The maximum absolute atomic E-state index is 12.1. The van der Waals surface area contributed by atoms with Gasteiger partial charge < -0.3 is 14.8 Å². The molecule has 0 saturated carbocycles. The Balaban J connectivity index is 1.49. The number of carbonyl (C=O) groups excluding carboxylic acids is 2. The molecule has 0 aliphatic carbocycles. The second-order valence-corrected chi connectivity index (χ2v) is 6.94. The van der Waals surface area contributed by atoms with Crippen molar-refractivity contribution in [1.29, 1.82) is 0 Å². The van der Waals surface area contributed by atoms with E-state index in [1.54, 1.807) is 48.5 Å². The number of hydrazone groups is 1. The third-order valence-corrected chi connectivity index (χ3v) is 4.62. The molecule has 0 spiro atoms. The number of halogens is 1. The van der Waals surface area contributed by atoms with Gasteiger partial charge in [0.1, 0.15) is 18.1 Å². The van der Waals surface area contributed by atoms with Crippen molar-refractivity contribution in [2.45, 2.75) is 13.5 Å². The van der Waals surface area contributed by atoms with Crippen molar-refractivity contribution in [1.82, 2.24) is 5.43 Å². The Hall–Kier alpha value is -3.84. The smallest absolute Gasteiger partial charge is 0.329 e. The molecule has 2 N–H and O–H groups in total. The van der Waals surface area contributed by atoms with Crippen molar-refractivity contribution >= 4 is 35.3 Å². The maximum atomic E-state index is 12.1. The van der Waals surface area contributed by atoms with Crippen LogP contribution in [0.2, 0.25) is 5.02 Å². The van der Waals surface area contributed by atoms with Gasteiger partial charge in [-0.3, -0.25) is 9.59 Å². The molecule has 0 heterocycles. The number of rotatable bonds is 8. The Bertz CT molecular complexity index is 1100. The zero-order chi connectivity index (χ0) is 22.8. The number of carbonyl (C=O) groups is 2. The average molecular weight is 452 g/mol. The van der Waals surface area contributed by atoms with E-state index < -0.39 is 11.8 Å². The molecule has 0 aliphatic heterocycles. The van der Waals surface area contributed by atoms with Crippen molar-refractivity contribution < 1.29 is 19.1 Å². The Morgan fingerprint density at radius 1 is 0.938 bits per heavy atom. The summed E-state index contributed by atoms with van der Waals surface area (Å²) in [5.41, 5.74) is 4.22. The summed E-state index contributed by atoms with van der Waals surface area (Å²) < 4.78 is 11.1. The van der Waals surface area contributed by atoms with Gasteiger partial charge in [-0.1, -0.05) is 41.9 Å². The van der Waals surface area contributed by atoms with Gasteiger partial charge in [0.25, 0.3) is 0 Å². The van der Waals surface area contributed by atoms with Crippen LogP contribution in [-0.4, -0.2) is 24.6 Å². The number of hydrogen-bond acceptors (Lipinski definition) is 5. The van der Waals surface area contributed by atoms with Crippen LogP contribution in [0.25, 0.3) is 0 Å². The summed E-state index contributed by atoms with van der Waals surface area (Å²) in [6.07, 6.45) is 1.43. The lowest BCUT2D eigenvalue weighted by molar-refractivity contribution is -0.136. The quantitative estimate of drug-likeness (QED) is 0.301. The zero-order valence-corrected chi connectivity index (χ0v) is 18.1. The first-order valence-corrected chi connectivity index (χ1v) is 10.3. The molecular weight excluding hydrogens is 430 g/mol. The lowest BCUT2D eigenvalue weighted by atomic mass is 10.2. The highest BCUT2D eigenvalue weighted by molar-refractivity contribution is 6.39. The number of benzene rings is 3. The lowest BCUT2D eigenvalue weighted by Gasteiger charge is -2.10. The monoisotopic (exact) mass is 451 g/mol. The fraction of sp³-hybridized carbons (Fsp3) is 0.125. The molecule has 7 nitrogen and oxygen atoms in total. The van der Waals surface area contributed by atoms with Gasteiger partial charge in [-0.05, 0) is 55.0 Å². The topological polar surface area (TPSA) is 89.0 Å². The molecular formula is C24H22ClN3O4. The number of nitrogens with zero attached hydrogens (tertiary/aromatic N) is 1. The molecule has 2 amide bonds. The first-order chi connectivity index (χ1) is 15.6. The summed E-state index contributed by atoms with van der Waals surface area (Å²) >= 11 is 6.12. The molecule has 0 radical (unpaired) electrons. The Morgan fingerprint density at radius 2 is 1.66 bits per heavy atom. The highest BCUT2D eigenvalue weighted by Gasteiger charge is 2.15. The molecule has 0 bridgehead atoms. The molecule has 0 unspecified atom stereocenters. The summed E-state index contributed by atoms with van der Waals surface area (Å²) in [6.45, 7) is 2.62. The van der Waals surface area contributed by atoms with E-state index in [-0.39, 0.29) is 0 Å². The third-order valence-electron chi connectivity index (χ3n) is 4.25. The molecule has 0 aliphatic rings. The van der Waals surface area contributed by atoms with Crippen molar-refractivity contribution in [2.24, 2.45) is 5.10 Å². The molecule has 3 aromatic rings. The molecule has 164 valence electrons. The van der Waals surface area contributed by atoms with Gasteiger partial charge in [-0.25, -0.2) is 5.43 Å². The molecule has 0 aromatic heterocycles. The van der Waals surface area contributed by atoms with Gasteiger partial charge in [0.05, 0.1) is 18.5 Å². The van der Waals surface area contributed by atoms with Gasteiger partial charge in [0.2, 0.25) is 0 Å². The van der Waals surface area contributed by atoms with E-state index in [2.05, 4.69) is 15.8 Å². The van der Waals surface area contributed by atoms with Crippen LogP contribution in [0.15, 0.2) is 77.9 Å². The summed E-state index contributed by atoms with van der Waals surface area (Å²) in [5.74, 6) is -0.597. The number of para-hydroxylation sites is 2. The van der Waals surface area contributed by atoms with Crippen LogP contribution in [0.5, 0.6) is 11.5 Å². The fourth-order valence-electron chi connectivity index (χ4n) is 2.67. The van der Waals surface area contributed by atoms with E-state index in [9.17, 15) is 9.59 Å². The Kier molecular flexibility index (Phi) is 8.22. The van der Waals surface area contributed by atoms with Crippen molar-refractivity contribution in [3.05, 3.63) is 88.9 Å². The van der Waals surface area contributed by atoms with Gasteiger partial charge in [0, 0.05) is 10.6 Å². The normalized spacial score (nSPS) is 10.6. The predicted octanol–water partition coefficient (Wildman–Crippen LogP) is 4.41. The van der Waals surface area contributed by atoms with E-state index in [4.69, 9.17) is 21.1 Å². The van der Waals surface area contributed by atoms with Crippen LogP contribution in [0.4, 0.5) is 5.69 Å². The minimum atomic E-state index is -0.896. The predicted molar refractivity (Wildman–Crippen MR) is 124 cm³/mol. The molecule has 0 atom stereocenters. The van der Waals surface area contributed by atoms with Crippen LogP contribution >= 0.6 is 11.6 Å². The van der Waals surface area contributed by atoms with Crippen molar-refractivity contribution in [2.75, 3.05) is 11.9 Å². The average Bonchev–Trinajstić information content (AvgIpc) is 2.81. The van der Waals surface area contributed by atoms with Crippen molar-refractivity contribution in [3.63, 3.8) is 0 Å². The minimum Gasteiger partial charge on any atom is -0.492 e. The van der Waals surface area contributed by atoms with Crippen LogP contribution in [0.1, 0.15) is 18.1 Å². The first kappa shape index (κ1) is 22.8. The van der Waals surface area contributed by atoms with Crippen LogP contribution in [-0.2, 0) is 16.2 Å². The fourth-order valence-corrected chi connectivity index (χ4v) is 2.86. The number of hydrogen-bond donors (Lipinski definition) is 2. The highest BCUT2D eigenvalue weighted by Crippen LogP contribution is 2.23. The van der Waals surface area contributed by atoms with E-state index in [0.717, 1.165) is 11.1 Å². The minimum absolute atomic E-state index is 0.352. The highest BCUT2D eigenvalue weighted by atomic mass is 35.5. The Labute approximate surface area is 191 Å². The second kappa shape index (κ2) is 11.5.